The average molecular weight is 481 g/mol. The second kappa shape index (κ2) is 8.92. The highest BCUT2D eigenvalue weighted by Crippen LogP contribution is 2.19. The maximum atomic E-state index is 12.4. The zero-order valence-electron chi connectivity index (χ0n) is 16.4. The number of rotatable bonds is 6. The molecule has 0 unspecified atom stereocenters. The molecule has 2 N–H and O–H groups in total. The molecule has 0 aliphatic rings. The van der Waals surface area contributed by atoms with Crippen LogP contribution in [0, 0.1) is 6.92 Å². The van der Waals surface area contributed by atoms with Gasteiger partial charge in [-0.05, 0) is 86.9 Å². The Morgan fingerprint density at radius 1 is 1.03 bits per heavy atom. The molecule has 2 aromatic carbocycles. The molecule has 0 spiro atoms. The van der Waals surface area contributed by atoms with Gasteiger partial charge in [-0.15, -0.1) is 5.10 Å². The molecule has 156 valence electrons. The van der Waals surface area contributed by atoms with Crippen LogP contribution in [-0.4, -0.2) is 32.0 Å². The van der Waals surface area contributed by atoms with E-state index >= 15 is 0 Å². The van der Waals surface area contributed by atoms with E-state index in [1.807, 2.05) is 19.1 Å². The summed E-state index contributed by atoms with van der Waals surface area (Å²) < 4.78 is 7.27. The van der Waals surface area contributed by atoms with Crippen molar-refractivity contribution in [3.63, 3.8) is 0 Å². The number of hydrogen-bond donors (Lipinski definition) is 2. The number of carbonyl (C=O) groups is 2. The second-order valence-electron chi connectivity index (χ2n) is 6.74. The number of nitrogens with zero attached hydrogens (tertiary/aromatic N) is 4. The van der Waals surface area contributed by atoms with Gasteiger partial charge in [-0.1, -0.05) is 12.1 Å². The Labute approximate surface area is 185 Å². The summed E-state index contributed by atoms with van der Waals surface area (Å²) in [5.41, 5.74) is 3.87. The average Bonchev–Trinajstić information content (AvgIpc) is 3.41. The third-order valence-electron chi connectivity index (χ3n) is 4.45. The third kappa shape index (κ3) is 5.04. The first-order valence-electron chi connectivity index (χ1n) is 9.27. The van der Waals surface area contributed by atoms with Gasteiger partial charge in [0.25, 0.3) is 5.91 Å². The van der Waals surface area contributed by atoms with E-state index < -0.39 is 0 Å². The van der Waals surface area contributed by atoms with Gasteiger partial charge in [0.15, 0.2) is 10.4 Å². The number of carbonyl (C=O) groups excluding carboxylic acids is 2. The van der Waals surface area contributed by atoms with E-state index in [4.69, 9.17) is 4.42 Å². The Hall–Kier alpha value is -3.79. The fourth-order valence-electron chi connectivity index (χ4n) is 2.99. The summed E-state index contributed by atoms with van der Waals surface area (Å²) in [6.45, 7) is 1.92. The van der Waals surface area contributed by atoms with Crippen LogP contribution >= 0.6 is 15.9 Å². The lowest BCUT2D eigenvalue weighted by molar-refractivity contribution is -0.115. The zero-order valence-corrected chi connectivity index (χ0v) is 18.0. The Morgan fingerprint density at radius 2 is 1.81 bits per heavy atom. The molecule has 31 heavy (non-hydrogen) atoms. The van der Waals surface area contributed by atoms with Crippen molar-refractivity contribution in [2.75, 3.05) is 10.6 Å². The number of hydrogen-bond acceptors (Lipinski definition) is 6. The summed E-state index contributed by atoms with van der Waals surface area (Å²) in [4.78, 5) is 24.5. The van der Waals surface area contributed by atoms with Crippen LogP contribution in [0.15, 0.2) is 70.0 Å². The van der Waals surface area contributed by atoms with Gasteiger partial charge in [0.1, 0.15) is 6.33 Å². The molecule has 0 bridgehead atoms. The number of benzene rings is 2. The van der Waals surface area contributed by atoms with Gasteiger partial charge in [0.2, 0.25) is 5.91 Å². The zero-order chi connectivity index (χ0) is 21.8. The van der Waals surface area contributed by atoms with Crippen molar-refractivity contribution in [3.05, 3.63) is 82.5 Å². The van der Waals surface area contributed by atoms with Crippen LogP contribution in [0.25, 0.3) is 5.69 Å². The number of anilines is 2. The molecule has 2 aromatic heterocycles. The third-order valence-corrected chi connectivity index (χ3v) is 4.88. The summed E-state index contributed by atoms with van der Waals surface area (Å²) in [5, 5.41) is 16.8. The first-order valence-corrected chi connectivity index (χ1v) is 10.1. The Morgan fingerprint density at radius 3 is 2.45 bits per heavy atom. The number of aromatic nitrogens is 4. The maximum Gasteiger partial charge on any atom is 0.291 e. The first-order chi connectivity index (χ1) is 15.0. The molecule has 0 saturated heterocycles. The predicted octanol–water partition coefficient (Wildman–Crippen LogP) is 3.76. The normalized spacial score (nSPS) is 10.6. The van der Waals surface area contributed by atoms with Crippen LogP contribution in [-0.2, 0) is 11.2 Å². The van der Waals surface area contributed by atoms with Crippen molar-refractivity contribution in [1.29, 1.82) is 0 Å². The highest BCUT2D eigenvalue weighted by atomic mass is 79.9. The highest BCUT2D eigenvalue weighted by molar-refractivity contribution is 9.10. The van der Waals surface area contributed by atoms with Crippen molar-refractivity contribution in [2.24, 2.45) is 0 Å². The summed E-state index contributed by atoms with van der Waals surface area (Å²) in [5.74, 6) is -0.291. The van der Waals surface area contributed by atoms with Gasteiger partial charge in [0.05, 0.1) is 12.1 Å². The minimum absolute atomic E-state index is 0.146. The Balaban J connectivity index is 1.34. The minimum Gasteiger partial charge on any atom is -0.444 e. The molecule has 10 heteroatoms. The topological polar surface area (TPSA) is 115 Å². The van der Waals surface area contributed by atoms with Crippen molar-refractivity contribution in [2.45, 2.75) is 13.3 Å². The fourth-order valence-corrected chi connectivity index (χ4v) is 3.29. The molecule has 0 radical (unpaired) electrons. The smallest absolute Gasteiger partial charge is 0.291 e. The van der Waals surface area contributed by atoms with Crippen LogP contribution in [0.3, 0.4) is 0 Å². The van der Waals surface area contributed by atoms with E-state index in [1.165, 1.54) is 6.33 Å². The van der Waals surface area contributed by atoms with E-state index in [0.717, 1.165) is 16.8 Å². The monoisotopic (exact) mass is 480 g/mol. The molecule has 2 amide bonds. The number of furan rings is 1. The van der Waals surface area contributed by atoms with E-state index in [9.17, 15) is 9.59 Å². The lowest BCUT2D eigenvalue weighted by atomic mass is 10.1. The number of aryl methyl sites for hydroxylation is 1. The lowest BCUT2D eigenvalue weighted by Gasteiger charge is -2.10. The van der Waals surface area contributed by atoms with Gasteiger partial charge in [0, 0.05) is 11.4 Å². The quantitative estimate of drug-likeness (QED) is 0.434. The molecule has 2 heterocycles. The summed E-state index contributed by atoms with van der Waals surface area (Å²) in [6, 6.07) is 15.8. The van der Waals surface area contributed by atoms with E-state index in [0.29, 0.717) is 16.0 Å². The van der Waals surface area contributed by atoms with Gasteiger partial charge in [-0.2, -0.15) is 0 Å². The standard InChI is InChI=1S/C21H17BrN6O3/c1-13-10-16(6-7-17(13)28-12-23-26-27-28)24-20(29)11-14-2-4-15(5-3-14)25-21(30)18-8-9-19(22)31-18/h2-10,12H,11H2,1H3,(H,24,29)(H,25,30). The molecule has 0 aliphatic heterocycles. The van der Waals surface area contributed by atoms with Crippen molar-refractivity contribution < 1.29 is 14.0 Å². The molecule has 0 atom stereocenters. The molecule has 9 nitrogen and oxygen atoms in total. The Kier molecular flexibility index (Phi) is 5.89. The van der Waals surface area contributed by atoms with Crippen LogP contribution < -0.4 is 10.6 Å². The van der Waals surface area contributed by atoms with Crippen molar-refractivity contribution >= 4 is 39.1 Å². The molecular formula is C21H17BrN6O3. The van der Waals surface area contributed by atoms with Gasteiger partial charge < -0.3 is 15.1 Å². The van der Waals surface area contributed by atoms with E-state index in [2.05, 4.69) is 42.1 Å². The first kappa shape index (κ1) is 20.5. The number of nitrogens with one attached hydrogen (secondary N) is 2. The summed E-state index contributed by atoms with van der Waals surface area (Å²) in [6.07, 6.45) is 1.72. The molecule has 0 aliphatic carbocycles. The second-order valence-corrected chi connectivity index (χ2v) is 7.52. The van der Waals surface area contributed by atoms with Gasteiger partial charge in [-0.25, -0.2) is 4.68 Å². The van der Waals surface area contributed by atoms with E-state index in [-0.39, 0.29) is 24.0 Å². The number of halogens is 1. The molecule has 0 fully saturated rings. The largest absolute Gasteiger partial charge is 0.444 e. The molecule has 0 saturated carbocycles. The fraction of sp³-hybridized carbons (Fsp3) is 0.0952. The summed E-state index contributed by atoms with van der Waals surface area (Å²) >= 11 is 3.16. The molecule has 4 aromatic rings. The van der Waals surface area contributed by atoms with Crippen LogP contribution in [0.5, 0.6) is 0 Å². The minimum atomic E-state index is -0.350. The number of tetrazole rings is 1. The van der Waals surface area contributed by atoms with Gasteiger partial charge >= 0.3 is 0 Å². The highest BCUT2D eigenvalue weighted by Gasteiger charge is 2.11. The van der Waals surface area contributed by atoms with Crippen molar-refractivity contribution in [3.8, 4) is 5.69 Å². The van der Waals surface area contributed by atoms with Crippen LogP contribution in [0.4, 0.5) is 11.4 Å². The SMILES string of the molecule is Cc1cc(NC(=O)Cc2ccc(NC(=O)c3ccc(Br)o3)cc2)ccc1-n1cnnn1. The Bertz CT molecular complexity index is 1220. The van der Waals surface area contributed by atoms with Crippen LogP contribution in [0.1, 0.15) is 21.7 Å². The van der Waals surface area contributed by atoms with Crippen molar-refractivity contribution in [1.82, 2.24) is 20.2 Å². The summed E-state index contributed by atoms with van der Waals surface area (Å²) in [7, 11) is 0. The number of amides is 2. The van der Waals surface area contributed by atoms with Crippen LogP contribution in [0.2, 0.25) is 0 Å². The lowest BCUT2D eigenvalue weighted by Crippen LogP contribution is -2.15. The van der Waals surface area contributed by atoms with E-state index in [1.54, 1.807) is 47.1 Å². The maximum absolute atomic E-state index is 12.4. The molecular weight excluding hydrogens is 464 g/mol. The van der Waals surface area contributed by atoms with Gasteiger partial charge in [-0.3, -0.25) is 9.59 Å². The predicted molar refractivity (Wildman–Crippen MR) is 117 cm³/mol. The molecule has 4 rings (SSSR count).